The lowest BCUT2D eigenvalue weighted by molar-refractivity contribution is 0.133. The minimum atomic E-state index is 0.185. The van der Waals surface area contributed by atoms with Crippen molar-refractivity contribution in [2.45, 2.75) is 56.3 Å². The zero-order valence-electron chi connectivity index (χ0n) is 12.3. The molecular weight excluding hydrogens is 248 g/mol. The Morgan fingerprint density at radius 1 is 1.20 bits per heavy atom. The van der Waals surface area contributed by atoms with Gasteiger partial charge in [-0.05, 0) is 44.7 Å². The molecule has 3 heteroatoms. The zero-order chi connectivity index (χ0) is 13.9. The lowest BCUT2D eigenvalue weighted by atomic mass is 9.96. The van der Waals surface area contributed by atoms with Crippen LogP contribution in [0.25, 0.3) is 0 Å². The molecule has 2 aliphatic heterocycles. The summed E-state index contributed by atoms with van der Waals surface area (Å²) in [7, 11) is 2.27. The molecular formula is C17H26N2O. The van der Waals surface area contributed by atoms with E-state index in [1.807, 2.05) is 6.07 Å². The highest BCUT2D eigenvalue weighted by molar-refractivity contribution is 5.16. The summed E-state index contributed by atoms with van der Waals surface area (Å²) in [5, 5.41) is 13.3. The zero-order valence-corrected chi connectivity index (χ0v) is 12.3. The minimum absolute atomic E-state index is 0.185. The molecule has 20 heavy (non-hydrogen) atoms. The van der Waals surface area contributed by atoms with Crippen LogP contribution in [-0.4, -0.2) is 47.8 Å². The summed E-state index contributed by atoms with van der Waals surface area (Å²) in [4.78, 5) is 2.56. The van der Waals surface area contributed by atoms with Gasteiger partial charge in [0.2, 0.25) is 0 Å². The third-order valence-corrected chi connectivity index (χ3v) is 5.11. The van der Waals surface area contributed by atoms with Gasteiger partial charge in [0.05, 0.1) is 6.61 Å². The number of benzene rings is 1. The van der Waals surface area contributed by atoms with Gasteiger partial charge >= 0.3 is 0 Å². The third kappa shape index (κ3) is 3.05. The Morgan fingerprint density at radius 2 is 1.85 bits per heavy atom. The number of aliphatic hydroxyl groups excluding tert-OH is 1. The summed E-state index contributed by atoms with van der Waals surface area (Å²) >= 11 is 0. The first-order valence-electron chi connectivity index (χ1n) is 7.89. The molecule has 0 saturated carbocycles. The van der Waals surface area contributed by atoms with Crippen molar-refractivity contribution in [2.75, 3.05) is 13.7 Å². The molecule has 2 bridgehead atoms. The van der Waals surface area contributed by atoms with Crippen molar-refractivity contribution in [3.05, 3.63) is 35.9 Å². The van der Waals surface area contributed by atoms with Crippen LogP contribution >= 0.6 is 0 Å². The summed E-state index contributed by atoms with van der Waals surface area (Å²) in [6.45, 7) is 0.219. The number of rotatable bonds is 5. The van der Waals surface area contributed by atoms with Crippen molar-refractivity contribution in [3.63, 3.8) is 0 Å². The van der Waals surface area contributed by atoms with Gasteiger partial charge in [-0.25, -0.2) is 0 Å². The van der Waals surface area contributed by atoms with Crippen LogP contribution in [0, 0.1) is 0 Å². The first-order valence-corrected chi connectivity index (χ1v) is 7.89. The van der Waals surface area contributed by atoms with Crippen LogP contribution in [0.1, 0.15) is 31.2 Å². The molecule has 0 spiro atoms. The maximum absolute atomic E-state index is 9.64. The van der Waals surface area contributed by atoms with E-state index in [-0.39, 0.29) is 12.6 Å². The van der Waals surface area contributed by atoms with E-state index in [9.17, 15) is 5.11 Å². The van der Waals surface area contributed by atoms with Crippen LogP contribution < -0.4 is 5.32 Å². The fourth-order valence-corrected chi connectivity index (χ4v) is 3.96. The van der Waals surface area contributed by atoms with E-state index in [0.717, 1.165) is 18.5 Å². The standard InChI is InChI=1S/C17H26N2O/c1-19-16-7-8-17(19)11-14(10-16)18-15(12-20)9-13-5-3-2-4-6-13/h2-6,14-18,20H,7-12H2,1H3/t14?,15-,16?,17?/m1/s1. The number of piperidine rings is 1. The lowest BCUT2D eigenvalue weighted by Crippen LogP contribution is -2.51. The van der Waals surface area contributed by atoms with Gasteiger partial charge in [-0.3, -0.25) is 0 Å². The highest BCUT2D eigenvalue weighted by atomic mass is 16.3. The average molecular weight is 274 g/mol. The molecule has 110 valence electrons. The van der Waals surface area contributed by atoms with Crippen molar-refractivity contribution in [2.24, 2.45) is 0 Å². The molecule has 0 aromatic heterocycles. The number of aliphatic hydroxyl groups is 1. The van der Waals surface area contributed by atoms with Gasteiger partial charge in [-0.1, -0.05) is 30.3 Å². The third-order valence-electron chi connectivity index (χ3n) is 5.11. The van der Waals surface area contributed by atoms with E-state index in [0.29, 0.717) is 6.04 Å². The van der Waals surface area contributed by atoms with Crippen molar-refractivity contribution in [3.8, 4) is 0 Å². The number of hydrogen-bond donors (Lipinski definition) is 2. The molecule has 0 radical (unpaired) electrons. The fraction of sp³-hybridized carbons (Fsp3) is 0.647. The van der Waals surface area contributed by atoms with Gasteiger partial charge in [-0.2, -0.15) is 0 Å². The quantitative estimate of drug-likeness (QED) is 0.859. The largest absolute Gasteiger partial charge is 0.395 e. The van der Waals surface area contributed by atoms with Crippen LogP contribution in [0.4, 0.5) is 0 Å². The second-order valence-corrected chi connectivity index (χ2v) is 6.45. The van der Waals surface area contributed by atoms with Gasteiger partial charge in [0.1, 0.15) is 0 Å². The van der Waals surface area contributed by atoms with Crippen molar-refractivity contribution < 1.29 is 5.11 Å². The highest BCUT2D eigenvalue weighted by Crippen LogP contribution is 2.34. The summed E-state index contributed by atoms with van der Waals surface area (Å²) < 4.78 is 0. The van der Waals surface area contributed by atoms with Crippen LogP contribution in [0.5, 0.6) is 0 Å². The molecule has 0 aliphatic carbocycles. The van der Waals surface area contributed by atoms with E-state index >= 15 is 0 Å². The number of nitrogens with one attached hydrogen (secondary N) is 1. The predicted molar refractivity (Wildman–Crippen MR) is 81.8 cm³/mol. The Labute approximate surface area is 122 Å². The molecule has 2 N–H and O–H groups in total. The normalized spacial score (nSPS) is 31.4. The second kappa shape index (κ2) is 6.25. The molecule has 2 fully saturated rings. The number of fused-ring (bicyclic) bond motifs is 2. The fourth-order valence-electron chi connectivity index (χ4n) is 3.96. The van der Waals surface area contributed by atoms with E-state index in [1.165, 1.54) is 31.2 Å². The molecule has 1 aromatic carbocycles. The minimum Gasteiger partial charge on any atom is -0.395 e. The van der Waals surface area contributed by atoms with Crippen molar-refractivity contribution >= 4 is 0 Å². The number of nitrogens with zero attached hydrogens (tertiary/aromatic N) is 1. The summed E-state index contributed by atoms with van der Waals surface area (Å²) in [5.41, 5.74) is 1.30. The first-order chi connectivity index (χ1) is 9.76. The van der Waals surface area contributed by atoms with E-state index in [2.05, 4.69) is 41.5 Å². The summed E-state index contributed by atoms with van der Waals surface area (Å²) in [6.07, 6.45) is 6.08. The molecule has 2 unspecified atom stereocenters. The smallest absolute Gasteiger partial charge is 0.0587 e. The Bertz CT molecular complexity index is 408. The molecule has 0 amide bonds. The average Bonchev–Trinajstić information content (AvgIpc) is 2.70. The SMILES string of the molecule is CN1C2CCC1CC(N[C@@H](CO)Cc1ccccc1)C2. The summed E-state index contributed by atoms with van der Waals surface area (Å²) in [5.74, 6) is 0. The van der Waals surface area contributed by atoms with Gasteiger partial charge in [0.25, 0.3) is 0 Å². The molecule has 1 aromatic rings. The molecule has 2 aliphatic rings. The van der Waals surface area contributed by atoms with Crippen LogP contribution in [0.3, 0.4) is 0 Å². The maximum atomic E-state index is 9.64. The highest BCUT2D eigenvalue weighted by Gasteiger charge is 2.38. The monoisotopic (exact) mass is 274 g/mol. The molecule has 3 rings (SSSR count). The molecule has 3 atom stereocenters. The second-order valence-electron chi connectivity index (χ2n) is 6.45. The Balaban J connectivity index is 1.56. The molecule has 2 heterocycles. The van der Waals surface area contributed by atoms with Gasteiger partial charge in [-0.15, -0.1) is 0 Å². The van der Waals surface area contributed by atoms with E-state index < -0.39 is 0 Å². The predicted octanol–water partition coefficient (Wildman–Crippen LogP) is 1.80. The molecule has 2 saturated heterocycles. The first kappa shape index (κ1) is 14.1. The van der Waals surface area contributed by atoms with E-state index in [1.54, 1.807) is 0 Å². The Hall–Kier alpha value is -0.900. The van der Waals surface area contributed by atoms with Crippen LogP contribution in [0.15, 0.2) is 30.3 Å². The van der Waals surface area contributed by atoms with E-state index in [4.69, 9.17) is 0 Å². The summed E-state index contributed by atoms with van der Waals surface area (Å²) in [6, 6.07) is 12.7. The molecule has 3 nitrogen and oxygen atoms in total. The van der Waals surface area contributed by atoms with Crippen molar-refractivity contribution in [1.82, 2.24) is 10.2 Å². The van der Waals surface area contributed by atoms with Gasteiger partial charge in [0.15, 0.2) is 0 Å². The Kier molecular flexibility index (Phi) is 4.39. The maximum Gasteiger partial charge on any atom is 0.0587 e. The van der Waals surface area contributed by atoms with Crippen LogP contribution in [0.2, 0.25) is 0 Å². The Morgan fingerprint density at radius 3 is 2.45 bits per heavy atom. The lowest BCUT2D eigenvalue weighted by Gasteiger charge is -2.38. The van der Waals surface area contributed by atoms with Crippen LogP contribution in [-0.2, 0) is 6.42 Å². The number of hydrogen-bond acceptors (Lipinski definition) is 3. The van der Waals surface area contributed by atoms with Gasteiger partial charge < -0.3 is 15.3 Å². The van der Waals surface area contributed by atoms with Gasteiger partial charge in [0, 0.05) is 24.2 Å². The van der Waals surface area contributed by atoms with Crippen molar-refractivity contribution in [1.29, 1.82) is 0 Å². The topological polar surface area (TPSA) is 35.5 Å².